The molecule has 0 aromatic carbocycles. The summed E-state index contributed by atoms with van der Waals surface area (Å²) in [7, 11) is 0. The molecule has 0 amide bonds. The van der Waals surface area contributed by atoms with Gasteiger partial charge in [-0.05, 0) is 6.92 Å². The fraction of sp³-hybridized carbons (Fsp3) is 0.667. The second-order valence-corrected chi connectivity index (χ2v) is 1.23. The fourth-order valence-electron chi connectivity index (χ4n) is 0.0645. The van der Waals surface area contributed by atoms with Gasteiger partial charge in [-0.3, -0.25) is 0 Å². The Morgan fingerprint density at radius 2 is 2.38 bits per heavy atom. The van der Waals surface area contributed by atoms with Crippen molar-refractivity contribution in [3.8, 4) is 0 Å². The zero-order valence-corrected chi connectivity index (χ0v) is 7.47. The van der Waals surface area contributed by atoms with Gasteiger partial charge in [-0.1, -0.05) is 0 Å². The molecule has 8 heavy (non-hydrogen) atoms. The molecule has 0 heterocycles. The van der Waals surface area contributed by atoms with Crippen molar-refractivity contribution < 1.29 is 45.2 Å². The molecule has 0 radical (unpaired) electrons. The van der Waals surface area contributed by atoms with Crippen molar-refractivity contribution >= 4 is 17.8 Å². The molecule has 0 aromatic heterocycles. The average molecular weight is 149 g/mol. The van der Waals surface area contributed by atoms with E-state index in [0.717, 1.165) is 0 Å². The summed E-state index contributed by atoms with van der Waals surface area (Å²) < 4.78 is 3.59. The number of hydrogen-bond donors (Lipinski definition) is 1. The Labute approximate surface area is 75.9 Å². The SMILES string of the molecule is CC(O)C(=O)OCl.[H-].[Na+]. The number of halogens is 1. The Kier molecular flexibility index (Phi) is 8.41. The summed E-state index contributed by atoms with van der Waals surface area (Å²) in [6.07, 6.45) is -1.13. The average Bonchev–Trinajstić information content (AvgIpc) is 1.65. The van der Waals surface area contributed by atoms with Crippen LogP contribution in [0, 0.1) is 0 Å². The normalized spacial score (nSPS) is 11.4. The summed E-state index contributed by atoms with van der Waals surface area (Å²) in [6.45, 7) is 1.27. The van der Waals surface area contributed by atoms with Gasteiger partial charge >= 0.3 is 35.5 Å². The minimum atomic E-state index is -1.13. The summed E-state index contributed by atoms with van der Waals surface area (Å²) in [5.41, 5.74) is 0. The first kappa shape index (κ1) is 11.5. The molecule has 0 aliphatic carbocycles. The van der Waals surface area contributed by atoms with Gasteiger partial charge in [-0.2, -0.15) is 0 Å². The Morgan fingerprint density at radius 3 is 2.38 bits per heavy atom. The Hall–Kier alpha value is 0.720. The maximum absolute atomic E-state index is 9.91. The zero-order chi connectivity index (χ0) is 5.86. The third-order valence-corrected chi connectivity index (χ3v) is 0.569. The van der Waals surface area contributed by atoms with Crippen molar-refractivity contribution in [1.82, 2.24) is 0 Å². The molecular formula is C3H6ClNaO3. The molecule has 0 rings (SSSR count). The van der Waals surface area contributed by atoms with Crippen LogP contribution in [-0.2, 0) is 9.08 Å². The van der Waals surface area contributed by atoms with E-state index >= 15 is 0 Å². The van der Waals surface area contributed by atoms with Crippen molar-refractivity contribution in [2.24, 2.45) is 0 Å². The molecule has 0 spiro atoms. The molecule has 0 aliphatic heterocycles. The van der Waals surface area contributed by atoms with Crippen LogP contribution in [0.4, 0.5) is 0 Å². The first-order valence-corrected chi connectivity index (χ1v) is 2.00. The van der Waals surface area contributed by atoms with Gasteiger partial charge in [-0.15, -0.1) is 0 Å². The summed E-state index contributed by atoms with van der Waals surface area (Å²) in [4.78, 5) is 9.91. The Balaban J connectivity index is -0.000000180. The van der Waals surface area contributed by atoms with Gasteiger partial charge < -0.3 is 10.8 Å². The predicted octanol–water partition coefficient (Wildman–Crippen LogP) is -2.82. The molecule has 0 aliphatic rings. The Bertz CT molecular complexity index is 79.5. The van der Waals surface area contributed by atoms with Crippen molar-refractivity contribution in [3.05, 3.63) is 0 Å². The van der Waals surface area contributed by atoms with Crippen molar-refractivity contribution in [2.45, 2.75) is 13.0 Å². The molecule has 1 atom stereocenters. The minimum Gasteiger partial charge on any atom is -1.00 e. The topological polar surface area (TPSA) is 46.5 Å². The second kappa shape index (κ2) is 5.85. The van der Waals surface area contributed by atoms with Gasteiger partial charge in [0.15, 0.2) is 0 Å². The summed E-state index contributed by atoms with van der Waals surface area (Å²) in [5.74, 6) is -0.832. The van der Waals surface area contributed by atoms with Crippen LogP contribution in [0.1, 0.15) is 8.35 Å². The van der Waals surface area contributed by atoms with Crippen LogP contribution in [-0.4, -0.2) is 17.2 Å². The van der Waals surface area contributed by atoms with E-state index < -0.39 is 12.1 Å². The van der Waals surface area contributed by atoms with E-state index in [1.54, 1.807) is 0 Å². The largest absolute Gasteiger partial charge is 1.00 e. The molecule has 5 heteroatoms. The molecule has 0 saturated carbocycles. The third-order valence-electron chi connectivity index (χ3n) is 0.417. The van der Waals surface area contributed by atoms with E-state index in [1.165, 1.54) is 6.92 Å². The predicted molar refractivity (Wildman–Crippen MR) is 24.7 cm³/mol. The van der Waals surface area contributed by atoms with Crippen LogP contribution in [0.15, 0.2) is 0 Å². The molecule has 1 unspecified atom stereocenters. The van der Waals surface area contributed by atoms with Gasteiger partial charge in [0.25, 0.3) is 0 Å². The molecule has 0 fully saturated rings. The van der Waals surface area contributed by atoms with Crippen LogP contribution in [0.5, 0.6) is 0 Å². The summed E-state index contributed by atoms with van der Waals surface area (Å²) in [5, 5.41) is 8.26. The number of carbonyl (C=O) groups excluding carboxylic acids is 1. The minimum absolute atomic E-state index is 0. The number of hydrogen-bond acceptors (Lipinski definition) is 3. The van der Waals surface area contributed by atoms with E-state index in [9.17, 15) is 4.79 Å². The smallest absolute Gasteiger partial charge is 1.00 e. The fourth-order valence-corrected chi connectivity index (χ4v) is 0.193. The van der Waals surface area contributed by atoms with E-state index in [4.69, 9.17) is 5.11 Å². The molecule has 1 N–H and O–H groups in total. The van der Waals surface area contributed by atoms with Crippen molar-refractivity contribution in [1.29, 1.82) is 0 Å². The molecule has 0 saturated heterocycles. The van der Waals surface area contributed by atoms with Crippen LogP contribution in [0.3, 0.4) is 0 Å². The molecular weight excluding hydrogens is 142 g/mol. The summed E-state index contributed by atoms with van der Waals surface area (Å²) in [6, 6.07) is 0. The number of carbonyl (C=O) groups is 1. The first-order valence-electron chi connectivity index (χ1n) is 1.69. The van der Waals surface area contributed by atoms with Crippen molar-refractivity contribution in [3.63, 3.8) is 0 Å². The van der Waals surface area contributed by atoms with Gasteiger partial charge in [-0.25, -0.2) is 4.79 Å². The number of aliphatic hydroxyl groups excluding tert-OH is 1. The second-order valence-electron chi connectivity index (χ2n) is 1.07. The van der Waals surface area contributed by atoms with E-state index in [-0.39, 0.29) is 31.0 Å². The monoisotopic (exact) mass is 148 g/mol. The molecule has 3 nitrogen and oxygen atoms in total. The van der Waals surface area contributed by atoms with Gasteiger partial charge in [0.05, 0.1) is 0 Å². The van der Waals surface area contributed by atoms with E-state index in [1.807, 2.05) is 0 Å². The third kappa shape index (κ3) is 4.87. The molecule has 0 bridgehead atoms. The quantitative estimate of drug-likeness (QED) is 0.408. The van der Waals surface area contributed by atoms with E-state index in [2.05, 4.69) is 16.2 Å². The summed E-state index contributed by atoms with van der Waals surface area (Å²) >= 11 is 4.54. The Morgan fingerprint density at radius 1 is 2.00 bits per heavy atom. The van der Waals surface area contributed by atoms with E-state index in [0.29, 0.717) is 0 Å². The molecule has 44 valence electrons. The van der Waals surface area contributed by atoms with Gasteiger partial charge in [0, 0.05) is 0 Å². The van der Waals surface area contributed by atoms with Crippen LogP contribution < -0.4 is 29.6 Å². The maximum atomic E-state index is 9.91. The van der Waals surface area contributed by atoms with Gasteiger partial charge in [0.1, 0.15) is 18.0 Å². The van der Waals surface area contributed by atoms with Gasteiger partial charge in [0.2, 0.25) is 0 Å². The number of aliphatic hydroxyl groups is 1. The van der Waals surface area contributed by atoms with Crippen LogP contribution in [0.25, 0.3) is 0 Å². The number of rotatable bonds is 1. The zero-order valence-electron chi connectivity index (χ0n) is 5.72. The van der Waals surface area contributed by atoms with Crippen molar-refractivity contribution in [2.75, 3.05) is 0 Å². The molecule has 0 aromatic rings. The standard InChI is InChI=1S/C3H5ClO3.Na.H/c1-2(5)3(6)7-4;;/h2,5H,1H3;;/q;+1;-1. The first-order chi connectivity index (χ1) is 3.18. The van der Waals surface area contributed by atoms with Crippen LogP contribution in [0.2, 0.25) is 0 Å². The maximum Gasteiger partial charge on any atom is 1.00 e. The van der Waals surface area contributed by atoms with Crippen LogP contribution >= 0.6 is 11.9 Å².